The van der Waals surface area contributed by atoms with Gasteiger partial charge in [0.15, 0.2) is 4.34 Å². The molecule has 2 nitrogen and oxygen atoms in total. The third kappa shape index (κ3) is 2.55. The van der Waals surface area contributed by atoms with Gasteiger partial charge in [0.1, 0.15) is 0 Å². The third-order valence-corrected chi connectivity index (χ3v) is 4.81. The molecule has 82 valence electrons. The molecule has 0 saturated heterocycles. The lowest BCUT2D eigenvalue weighted by Gasteiger charge is -2.06. The van der Waals surface area contributed by atoms with Crippen molar-refractivity contribution in [3.8, 4) is 6.07 Å². The molecule has 0 spiro atoms. The maximum atomic E-state index is 8.71. The van der Waals surface area contributed by atoms with Crippen LogP contribution in [0.25, 0.3) is 10.2 Å². The van der Waals surface area contributed by atoms with E-state index in [1.54, 1.807) is 23.1 Å². The maximum absolute atomic E-state index is 8.71. The predicted octanol–water partition coefficient (Wildman–Crippen LogP) is 4.08. The van der Waals surface area contributed by atoms with E-state index in [2.05, 4.69) is 24.0 Å². The Morgan fingerprint density at radius 3 is 3.00 bits per heavy atom. The van der Waals surface area contributed by atoms with Crippen LogP contribution in [0.5, 0.6) is 0 Å². The molecule has 0 N–H and O–H groups in total. The molecule has 4 heteroatoms. The van der Waals surface area contributed by atoms with Gasteiger partial charge in [-0.25, -0.2) is 4.98 Å². The molecule has 0 fully saturated rings. The van der Waals surface area contributed by atoms with Crippen LogP contribution in [-0.4, -0.2) is 10.2 Å². The molecule has 1 unspecified atom stereocenters. The van der Waals surface area contributed by atoms with Gasteiger partial charge >= 0.3 is 0 Å². The van der Waals surface area contributed by atoms with Crippen molar-refractivity contribution in [2.45, 2.75) is 29.4 Å². The Morgan fingerprint density at radius 1 is 1.50 bits per heavy atom. The lowest BCUT2D eigenvalue weighted by molar-refractivity contribution is 0.842. The lowest BCUT2D eigenvalue weighted by Crippen LogP contribution is -1.97. The zero-order valence-corrected chi connectivity index (χ0v) is 10.6. The normalized spacial score (nSPS) is 12.5. The molecule has 0 aliphatic carbocycles. The fourth-order valence-electron chi connectivity index (χ4n) is 1.42. The molecule has 1 atom stereocenters. The van der Waals surface area contributed by atoms with Crippen molar-refractivity contribution in [1.82, 2.24) is 4.98 Å². The zero-order valence-electron chi connectivity index (χ0n) is 9.01. The summed E-state index contributed by atoms with van der Waals surface area (Å²) in [6.45, 7) is 2.11. The quantitative estimate of drug-likeness (QED) is 0.765. The number of fused-ring (bicyclic) bond motifs is 1. The number of thiazole rings is 1. The molecule has 1 heterocycles. The van der Waals surface area contributed by atoms with E-state index in [0.29, 0.717) is 11.7 Å². The Bertz CT molecular complexity index is 480. The van der Waals surface area contributed by atoms with Gasteiger partial charge in [0.25, 0.3) is 0 Å². The van der Waals surface area contributed by atoms with E-state index in [4.69, 9.17) is 5.26 Å². The van der Waals surface area contributed by atoms with Gasteiger partial charge in [0.05, 0.1) is 16.3 Å². The lowest BCUT2D eigenvalue weighted by atomic mass is 10.3. The van der Waals surface area contributed by atoms with Crippen LogP contribution in [0.3, 0.4) is 0 Å². The maximum Gasteiger partial charge on any atom is 0.151 e. The summed E-state index contributed by atoms with van der Waals surface area (Å²) in [6, 6.07) is 10.4. The minimum Gasteiger partial charge on any atom is -0.230 e. The molecule has 2 aromatic rings. The Hall–Kier alpha value is -1.05. The molecule has 0 aliphatic rings. The van der Waals surface area contributed by atoms with Crippen LogP contribution in [-0.2, 0) is 0 Å². The number of aromatic nitrogens is 1. The van der Waals surface area contributed by atoms with Gasteiger partial charge < -0.3 is 0 Å². The van der Waals surface area contributed by atoms with Crippen molar-refractivity contribution in [3.05, 3.63) is 24.3 Å². The zero-order chi connectivity index (χ0) is 11.4. The van der Waals surface area contributed by atoms with E-state index in [0.717, 1.165) is 16.3 Å². The summed E-state index contributed by atoms with van der Waals surface area (Å²) in [6.07, 6.45) is 1.60. The van der Waals surface area contributed by atoms with Crippen LogP contribution in [0.4, 0.5) is 0 Å². The van der Waals surface area contributed by atoms with E-state index < -0.39 is 0 Å². The van der Waals surface area contributed by atoms with Gasteiger partial charge in [-0.15, -0.1) is 11.3 Å². The number of benzene rings is 1. The van der Waals surface area contributed by atoms with Gasteiger partial charge in [0, 0.05) is 11.7 Å². The molecule has 0 bridgehead atoms. The SMILES string of the molecule is CCC(CC#N)Sc1nc2ccccc2s1. The first-order chi connectivity index (χ1) is 7.83. The largest absolute Gasteiger partial charge is 0.230 e. The van der Waals surface area contributed by atoms with Gasteiger partial charge in [-0.3, -0.25) is 0 Å². The summed E-state index contributed by atoms with van der Waals surface area (Å²) in [4.78, 5) is 4.55. The molecule has 0 saturated carbocycles. The van der Waals surface area contributed by atoms with Crippen molar-refractivity contribution >= 4 is 33.3 Å². The van der Waals surface area contributed by atoms with Crippen molar-refractivity contribution in [3.63, 3.8) is 0 Å². The second-order valence-corrected chi connectivity index (χ2v) is 6.04. The fraction of sp³-hybridized carbons (Fsp3) is 0.333. The Balaban J connectivity index is 2.18. The summed E-state index contributed by atoms with van der Waals surface area (Å²) in [7, 11) is 0. The highest BCUT2D eigenvalue weighted by molar-refractivity contribution is 8.01. The molecular formula is C12H12N2S2. The highest BCUT2D eigenvalue weighted by atomic mass is 32.2. The summed E-state index contributed by atoms with van der Waals surface area (Å²) < 4.78 is 2.29. The van der Waals surface area contributed by atoms with Crippen LogP contribution in [0.1, 0.15) is 19.8 Å². The van der Waals surface area contributed by atoms with E-state index in [9.17, 15) is 0 Å². The smallest absolute Gasteiger partial charge is 0.151 e. The molecule has 0 aliphatic heterocycles. The van der Waals surface area contributed by atoms with Gasteiger partial charge in [-0.1, -0.05) is 30.8 Å². The molecular weight excluding hydrogens is 236 g/mol. The second kappa shape index (κ2) is 5.33. The number of para-hydroxylation sites is 1. The van der Waals surface area contributed by atoms with E-state index in [-0.39, 0.29) is 0 Å². The summed E-state index contributed by atoms with van der Waals surface area (Å²) >= 11 is 3.43. The molecule has 0 radical (unpaired) electrons. The minimum absolute atomic E-state index is 0.366. The van der Waals surface area contributed by atoms with Gasteiger partial charge in [0.2, 0.25) is 0 Å². The number of hydrogen-bond donors (Lipinski definition) is 0. The van der Waals surface area contributed by atoms with Crippen molar-refractivity contribution in [1.29, 1.82) is 5.26 Å². The summed E-state index contributed by atoms with van der Waals surface area (Å²) in [5.74, 6) is 0. The first kappa shape index (κ1) is 11.4. The average molecular weight is 248 g/mol. The molecule has 1 aromatic carbocycles. The van der Waals surface area contributed by atoms with E-state index >= 15 is 0 Å². The number of hydrogen-bond acceptors (Lipinski definition) is 4. The molecule has 1 aromatic heterocycles. The first-order valence-electron chi connectivity index (χ1n) is 5.22. The number of thioether (sulfide) groups is 1. The Kier molecular flexibility index (Phi) is 3.81. The van der Waals surface area contributed by atoms with Crippen LogP contribution in [0.15, 0.2) is 28.6 Å². The predicted molar refractivity (Wildman–Crippen MR) is 69.8 cm³/mol. The van der Waals surface area contributed by atoms with Crippen molar-refractivity contribution in [2.24, 2.45) is 0 Å². The van der Waals surface area contributed by atoms with E-state index in [1.807, 2.05) is 18.2 Å². The monoisotopic (exact) mass is 248 g/mol. The first-order valence-corrected chi connectivity index (χ1v) is 6.92. The van der Waals surface area contributed by atoms with Crippen LogP contribution >= 0.6 is 23.1 Å². The summed E-state index contributed by atoms with van der Waals surface area (Å²) in [5.41, 5.74) is 1.06. The van der Waals surface area contributed by atoms with Gasteiger partial charge in [-0.2, -0.15) is 5.26 Å². The van der Waals surface area contributed by atoms with Crippen LogP contribution < -0.4 is 0 Å². The van der Waals surface area contributed by atoms with Gasteiger partial charge in [-0.05, 0) is 18.6 Å². The van der Waals surface area contributed by atoms with E-state index in [1.165, 1.54) is 4.70 Å². The van der Waals surface area contributed by atoms with Crippen molar-refractivity contribution in [2.75, 3.05) is 0 Å². The number of nitrogens with zero attached hydrogens (tertiary/aromatic N) is 2. The minimum atomic E-state index is 0.366. The molecule has 0 amide bonds. The second-order valence-electron chi connectivity index (χ2n) is 3.46. The number of nitriles is 1. The Labute approximate surface area is 103 Å². The Morgan fingerprint density at radius 2 is 2.31 bits per heavy atom. The fourth-order valence-corrected chi connectivity index (χ4v) is 3.74. The molecule has 2 rings (SSSR count). The van der Waals surface area contributed by atoms with Crippen LogP contribution in [0, 0.1) is 11.3 Å². The van der Waals surface area contributed by atoms with Crippen LogP contribution in [0.2, 0.25) is 0 Å². The molecule has 16 heavy (non-hydrogen) atoms. The average Bonchev–Trinajstić information content (AvgIpc) is 2.70. The highest BCUT2D eigenvalue weighted by Crippen LogP contribution is 2.33. The third-order valence-electron chi connectivity index (χ3n) is 2.32. The van der Waals surface area contributed by atoms with Crippen molar-refractivity contribution < 1.29 is 0 Å². The highest BCUT2D eigenvalue weighted by Gasteiger charge is 2.11. The number of rotatable bonds is 4. The summed E-state index contributed by atoms with van der Waals surface area (Å²) in [5, 5.41) is 9.07. The topological polar surface area (TPSA) is 36.7 Å². The standard InChI is InChI=1S/C12H12N2S2/c1-2-9(7-8-13)15-12-14-10-5-3-4-6-11(10)16-12/h3-6,9H,2,7H2,1H3.